The molecule has 2 rings (SSSR count). The van der Waals surface area contributed by atoms with E-state index in [1.165, 1.54) is 0 Å². The van der Waals surface area contributed by atoms with Crippen LogP contribution in [0.4, 0.5) is 0 Å². The highest BCUT2D eigenvalue weighted by molar-refractivity contribution is 6.34. The van der Waals surface area contributed by atoms with Crippen molar-refractivity contribution in [3.8, 4) is 5.75 Å². The Morgan fingerprint density at radius 3 is 2.56 bits per heavy atom. The molecule has 0 atom stereocenters. The van der Waals surface area contributed by atoms with E-state index in [1.807, 2.05) is 24.3 Å². The summed E-state index contributed by atoms with van der Waals surface area (Å²) in [6.45, 7) is 0.958. The van der Waals surface area contributed by atoms with E-state index in [2.05, 4.69) is 0 Å². The Hall–Kier alpha value is -1.22. The highest BCUT2D eigenvalue weighted by atomic mass is 35.5. The van der Waals surface area contributed by atoms with Crippen molar-refractivity contribution in [3.63, 3.8) is 0 Å². The molecule has 0 aliphatic heterocycles. The van der Waals surface area contributed by atoms with Crippen LogP contribution in [0.3, 0.4) is 0 Å². The lowest BCUT2D eigenvalue weighted by molar-refractivity contribution is 0.306. The van der Waals surface area contributed by atoms with Gasteiger partial charge < -0.3 is 10.5 Å². The van der Waals surface area contributed by atoms with Gasteiger partial charge in [-0.2, -0.15) is 0 Å². The molecule has 94 valence electrons. The van der Waals surface area contributed by atoms with Crippen LogP contribution in [0.25, 0.3) is 0 Å². The van der Waals surface area contributed by atoms with Crippen molar-refractivity contribution in [1.82, 2.24) is 0 Å². The van der Waals surface area contributed by atoms with Crippen LogP contribution in [-0.2, 0) is 13.2 Å². The van der Waals surface area contributed by atoms with E-state index >= 15 is 0 Å². The average molecular weight is 282 g/mol. The maximum absolute atomic E-state index is 6.02. The topological polar surface area (TPSA) is 35.2 Å². The number of nitrogens with two attached hydrogens (primary N) is 1. The monoisotopic (exact) mass is 281 g/mol. The lowest BCUT2D eigenvalue weighted by Crippen LogP contribution is -2.00. The zero-order valence-electron chi connectivity index (χ0n) is 9.70. The second-order valence-corrected chi connectivity index (χ2v) is 4.73. The first-order valence-corrected chi connectivity index (χ1v) is 6.30. The van der Waals surface area contributed by atoms with Crippen LogP contribution in [0.5, 0.6) is 5.75 Å². The van der Waals surface area contributed by atoms with Gasteiger partial charge in [0.1, 0.15) is 12.4 Å². The van der Waals surface area contributed by atoms with Gasteiger partial charge in [-0.05, 0) is 23.3 Å². The summed E-state index contributed by atoms with van der Waals surface area (Å²) in [7, 11) is 0. The van der Waals surface area contributed by atoms with Crippen LogP contribution >= 0.6 is 23.2 Å². The number of ether oxygens (including phenoxy) is 1. The highest BCUT2D eigenvalue weighted by Crippen LogP contribution is 2.28. The Morgan fingerprint density at radius 2 is 1.78 bits per heavy atom. The summed E-state index contributed by atoms with van der Waals surface area (Å²) in [6.07, 6.45) is 0. The van der Waals surface area contributed by atoms with Gasteiger partial charge in [-0.25, -0.2) is 0 Å². The molecule has 0 bridgehead atoms. The van der Waals surface area contributed by atoms with Gasteiger partial charge in [0.05, 0.1) is 5.02 Å². The molecule has 4 heteroatoms. The first-order chi connectivity index (χ1) is 8.69. The zero-order chi connectivity index (χ0) is 13.0. The molecule has 0 amide bonds. The fourth-order valence-electron chi connectivity index (χ4n) is 1.60. The van der Waals surface area contributed by atoms with Crippen molar-refractivity contribution in [3.05, 3.63) is 63.6 Å². The van der Waals surface area contributed by atoms with Crippen LogP contribution in [0.15, 0.2) is 42.5 Å². The van der Waals surface area contributed by atoms with E-state index in [1.54, 1.807) is 18.2 Å². The summed E-state index contributed by atoms with van der Waals surface area (Å²) in [5, 5.41) is 1.15. The second-order valence-electron chi connectivity index (χ2n) is 3.89. The first kappa shape index (κ1) is 13.2. The van der Waals surface area contributed by atoms with Gasteiger partial charge >= 0.3 is 0 Å². The largest absolute Gasteiger partial charge is 0.487 e. The molecule has 0 spiro atoms. The van der Waals surface area contributed by atoms with Crippen LogP contribution in [0.1, 0.15) is 11.1 Å². The Morgan fingerprint density at radius 1 is 1.00 bits per heavy atom. The van der Waals surface area contributed by atoms with Gasteiger partial charge in [0.25, 0.3) is 0 Å². The fourth-order valence-corrected chi connectivity index (χ4v) is 1.93. The summed E-state index contributed by atoms with van der Waals surface area (Å²) < 4.78 is 5.65. The number of hydrogen-bond acceptors (Lipinski definition) is 2. The Balaban J connectivity index is 2.08. The molecule has 0 aliphatic carbocycles. The Labute approximate surface area is 116 Å². The molecule has 0 heterocycles. The van der Waals surface area contributed by atoms with Gasteiger partial charge in [-0.1, -0.05) is 47.5 Å². The zero-order valence-corrected chi connectivity index (χ0v) is 11.2. The maximum Gasteiger partial charge on any atom is 0.139 e. The van der Waals surface area contributed by atoms with E-state index in [4.69, 9.17) is 33.7 Å². The predicted molar refractivity (Wildman–Crippen MR) is 75.1 cm³/mol. The SMILES string of the molecule is NCc1cccc(COc2cc(Cl)ccc2Cl)c1. The molecular weight excluding hydrogens is 269 g/mol. The number of halogens is 2. The van der Waals surface area contributed by atoms with Gasteiger partial charge in [-0.3, -0.25) is 0 Å². The summed E-state index contributed by atoms with van der Waals surface area (Å²) in [6, 6.07) is 13.1. The number of rotatable bonds is 4. The Kier molecular flexibility index (Phi) is 4.48. The molecule has 0 unspecified atom stereocenters. The van der Waals surface area contributed by atoms with Crippen molar-refractivity contribution >= 4 is 23.2 Å². The van der Waals surface area contributed by atoms with Gasteiger partial charge in [0.15, 0.2) is 0 Å². The third-order valence-electron chi connectivity index (χ3n) is 2.51. The molecule has 0 aromatic heterocycles. The third kappa shape index (κ3) is 3.39. The molecule has 0 radical (unpaired) electrons. The molecule has 2 N–H and O–H groups in total. The number of hydrogen-bond donors (Lipinski definition) is 1. The van der Waals surface area contributed by atoms with Crippen molar-refractivity contribution in [1.29, 1.82) is 0 Å². The maximum atomic E-state index is 6.02. The molecule has 2 aromatic rings. The summed E-state index contributed by atoms with van der Waals surface area (Å²) >= 11 is 11.9. The summed E-state index contributed by atoms with van der Waals surface area (Å²) in [4.78, 5) is 0. The number of benzene rings is 2. The van der Waals surface area contributed by atoms with Crippen molar-refractivity contribution < 1.29 is 4.74 Å². The normalized spacial score (nSPS) is 10.4. The highest BCUT2D eigenvalue weighted by Gasteiger charge is 2.03. The summed E-state index contributed by atoms with van der Waals surface area (Å²) in [5.74, 6) is 0.585. The Bertz CT molecular complexity index is 543. The molecule has 0 aliphatic rings. The van der Waals surface area contributed by atoms with Gasteiger partial charge in [0.2, 0.25) is 0 Å². The molecule has 2 nitrogen and oxygen atoms in total. The smallest absolute Gasteiger partial charge is 0.139 e. The van der Waals surface area contributed by atoms with Crippen LogP contribution < -0.4 is 10.5 Å². The van der Waals surface area contributed by atoms with E-state index in [0.29, 0.717) is 28.9 Å². The minimum Gasteiger partial charge on any atom is -0.487 e. The van der Waals surface area contributed by atoms with Crippen molar-refractivity contribution in [2.45, 2.75) is 13.2 Å². The fraction of sp³-hybridized carbons (Fsp3) is 0.143. The van der Waals surface area contributed by atoms with E-state index < -0.39 is 0 Å². The van der Waals surface area contributed by atoms with Crippen LogP contribution in [-0.4, -0.2) is 0 Å². The minimum atomic E-state index is 0.438. The summed E-state index contributed by atoms with van der Waals surface area (Å²) in [5.41, 5.74) is 7.72. The van der Waals surface area contributed by atoms with Gasteiger partial charge in [-0.15, -0.1) is 0 Å². The lowest BCUT2D eigenvalue weighted by atomic mass is 10.1. The van der Waals surface area contributed by atoms with Crippen LogP contribution in [0, 0.1) is 0 Å². The minimum absolute atomic E-state index is 0.438. The van der Waals surface area contributed by atoms with E-state index in [-0.39, 0.29) is 0 Å². The molecule has 0 saturated heterocycles. The quantitative estimate of drug-likeness (QED) is 0.918. The molecular formula is C14H13Cl2NO. The molecule has 2 aromatic carbocycles. The van der Waals surface area contributed by atoms with Crippen LogP contribution in [0.2, 0.25) is 10.0 Å². The third-order valence-corrected chi connectivity index (χ3v) is 3.06. The molecule has 0 fully saturated rings. The molecule has 0 saturated carbocycles. The van der Waals surface area contributed by atoms with Crippen molar-refractivity contribution in [2.24, 2.45) is 5.73 Å². The average Bonchev–Trinajstić information content (AvgIpc) is 2.40. The predicted octanol–water partition coefficient (Wildman–Crippen LogP) is 4.03. The van der Waals surface area contributed by atoms with Crippen molar-refractivity contribution in [2.75, 3.05) is 0 Å². The van der Waals surface area contributed by atoms with Gasteiger partial charge in [0, 0.05) is 17.6 Å². The van der Waals surface area contributed by atoms with E-state index in [0.717, 1.165) is 11.1 Å². The molecule has 18 heavy (non-hydrogen) atoms. The first-order valence-electron chi connectivity index (χ1n) is 5.55. The lowest BCUT2D eigenvalue weighted by Gasteiger charge is -2.09. The second kappa shape index (κ2) is 6.10. The standard InChI is InChI=1S/C14H13Cl2NO/c15-12-4-5-13(16)14(7-12)18-9-11-3-1-2-10(6-11)8-17/h1-7H,8-9,17H2. The van der Waals surface area contributed by atoms with E-state index in [9.17, 15) is 0 Å².